The number of carbonyl (C=O) groups excluding carboxylic acids is 4. The Bertz CT molecular complexity index is 446. The Morgan fingerprint density at radius 2 is 0.810 bits per heavy atom. The van der Waals surface area contributed by atoms with Crippen LogP contribution in [0.15, 0.2) is 0 Å². The molecule has 21 heavy (non-hydrogen) atoms. The number of carbonyl (C=O) groups is 4. The second-order valence-electron chi connectivity index (χ2n) is 6.37. The molecule has 0 aromatic carbocycles. The van der Waals surface area contributed by atoms with Crippen LogP contribution in [-0.2, 0) is 28.7 Å². The molecule has 0 aromatic rings. The third-order valence-electron chi connectivity index (χ3n) is 5.48. The lowest BCUT2D eigenvalue weighted by atomic mass is 9.59. The molecule has 4 fully saturated rings. The fourth-order valence-electron chi connectivity index (χ4n) is 4.47. The Morgan fingerprint density at radius 3 is 1.05 bits per heavy atom. The largest absolute Gasteiger partial charge is 0.393 e. The zero-order valence-corrected chi connectivity index (χ0v) is 10.7. The summed E-state index contributed by atoms with van der Waals surface area (Å²) in [6, 6.07) is 0. The molecule has 0 bridgehead atoms. The standard InChI is InChI=1S/C14H14O6.CH4/c15-11-7-1-5-2-9-10(14(18)20-13(9)17)4-6(5)3-8(7)12(16)19-11;/h5-10H,1-4H2;1H4. The van der Waals surface area contributed by atoms with Crippen LogP contribution in [0.4, 0.5) is 0 Å². The average Bonchev–Trinajstić information content (AvgIpc) is 2.84. The minimum Gasteiger partial charge on any atom is -0.393 e. The first-order chi connectivity index (χ1) is 9.54. The van der Waals surface area contributed by atoms with Crippen LogP contribution in [-0.4, -0.2) is 23.9 Å². The van der Waals surface area contributed by atoms with Crippen molar-refractivity contribution >= 4 is 23.9 Å². The van der Waals surface area contributed by atoms with E-state index in [4.69, 9.17) is 9.47 Å². The van der Waals surface area contributed by atoms with Crippen molar-refractivity contribution in [2.24, 2.45) is 35.5 Å². The highest BCUT2D eigenvalue weighted by atomic mass is 16.6. The second-order valence-corrected chi connectivity index (χ2v) is 6.37. The fraction of sp³-hybridized carbons (Fsp3) is 0.733. The van der Waals surface area contributed by atoms with Crippen LogP contribution in [0.2, 0.25) is 0 Å². The van der Waals surface area contributed by atoms with Crippen LogP contribution < -0.4 is 0 Å². The second kappa shape index (κ2) is 4.64. The van der Waals surface area contributed by atoms with Crippen molar-refractivity contribution in [1.82, 2.24) is 0 Å². The number of hydrogen-bond acceptors (Lipinski definition) is 6. The van der Waals surface area contributed by atoms with Crippen molar-refractivity contribution in [3.8, 4) is 0 Å². The van der Waals surface area contributed by atoms with Crippen molar-refractivity contribution in [3.05, 3.63) is 0 Å². The zero-order chi connectivity index (χ0) is 14.0. The minimum atomic E-state index is -0.425. The molecule has 6 nitrogen and oxygen atoms in total. The number of hydrogen-bond donors (Lipinski definition) is 0. The quantitative estimate of drug-likeness (QED) is 0.490. The van der Waals surface area contributed by atoms with E-state index >= 15 is 0 Å². The average molecular weight is 294 g/mol. The van der Waals surface area contributed by atoms with Crippen LogP contribution in [0.3, 0.4) is 0 Å². The monoisotopic (exact) mass is 294 g/mol. The van der Waals surface area contributed by atoms with Gasteiger partial charge >= 0.3 is 23.9 Å². The van der Waals surface area contributed by atoms with Crippen LogP contribution in [0, 0.1) is 35.5 Å². The highest BCUT2D eigenvalue weighted by molar-refractivity contribution is 5.97. The van der Waals surface area contributed by atoms with E-state index in [1.807, 2.05) is 0 Å². The summed E-state index contributed by atoms with van der Waals surface area (Å²) in [7, 11) is 0. The van der Waals surface area contributed by atoms with Crippen LogP contribution in [0.1, 0.15) is 33.1 Å². The lowest BCUT2D eigenvalue weighted by Gasteiger charge is -2.41. The maximum atomic E-state index is 11.6. The van der Waals surface area contributed by atoms with Gasteiger partial charge in [0.05, 0.1) is 23.7 Å². The van der Waals surface area contributed by atoms with Gasteiger partial charge in [0, 0.05) is 0 Å². The number of ether oxygens (including phenoxy) is 2. The Morgan fingerprint density at radius 1 is 0.571 bits per heavy atom. The van der Waals surface area contributed by atoms with Crippen LogP contribution in [0.5, 0.6) is 0 Å². The third-order valence-corrected chi connectivity index (χ3v) is 5.48. The first kappa shape index (κ1) is 14.2. The molecule has 4 rings (SSSR count). The SMILES string of the molecule is C.O=C1OC(=O)C2CC3CC4C(=O)OC(=O)C4CC3CC12. The Balaban J connectivity index is 0.00000132. The molecule has 4 aliphatic rings. The van der Waals surface area contributed by atoms with Crippen molar-refractivity contribution in [1.29, 1.82) is 0 Å². The summed E-state index contributed by atoms with van der Waals surface area (Å²) in [6.07, 6.45) is 2.35. The first-order valence-corrected chi connectivity index (χ1v) is 7.05. The van der Waals surface area contributed by atoms with E-state index in [9.17, 15) is 19.2 Å². The smallest absolute Gasteiger partial charge is 0.317 e. The van der Waals surface area contributed by atoms with Gasteiger partial charge in [-0.2, -0.15) is 0 Å². The van der Waals surface area contributed by atoms with Gasteiger partial charge in [-0.3, -0.25) is 19.2 Å². The molecule has 2 heterocycles. The fourth-order valence-corrected chi connectivity index (χ4v) is 4.47. The van der Waals surface area contributed by atoms with E-state index in [-0.39, 0.29) is 42.9 Å². The molecule has 0 spiro atoms. The van der Waals surface area contributed by atoms with E-state index in [1.165, 1.54) is 0 Å². The lowest BCUT2D eigenvalue weighted by molar-refractivity contribution is -0.155. The van der Waals surface area contributed by atoms with Crippen LogP contribution >= 0.6 is 0 Å². The topological polar surface area (TPSA) is 86.7 Å². The van der Waals surface area contributed by atoms with E-state index in [1.54, 1.807) is 0 Å². The maximum Gasteiger partial charge on any atom is 0.317 e. The number of cyclic esters (lactones) is 4. The summed E-state index contributed by atoms with van der Waals surface area (Å²) in [5, 5.41) is 0. The third kappa shape index (κ3) is 1.92. The van der Waals surface area contributed by atoms with Crippen molar-refractivity contribution in [2.75, 3.05) is 0 Å². The van der Waals surface area contributed by atoms with Gasteiger partial charge in [-0.15, -0.1) is 0 Å². The Kier molecular flexibility index (Phi) is 3.15. The van der Waals surface area contributed by atoms with Gasteiger partial charge in [0.2, 0.25) is 0 Å². The minimum absolute atomic E-state index is 0. The van der Waals surface area contributed by atoms with Crippen molar-refractivity contribution in [2.45, 2.75) is 33.1 Å². The van der Waals surface area contributed by atoms with Crippen molar-refractivity contribution in [3.63, 3.8) is 0 Å². The van der Waals surface area contributed by atoms with E-state index < -0.39 is 23.9 Å². The van der Waals surface area contributed by atoms with Crippen molar-refractivity contribution < 1.29 is 28.7 Å². The predicted octanol–water partition coefficient (Wildman–Crippen LogP) is 1.07. The molecular weight excluding hydrogens is 276 g/mol. The molecule has 0 amide bonds. The molecule has 0 radical (unpaired) electrons. The number of fused-ring (bicyclic) bond motifs is 3. The van der Waals surface area contributed by atoms with E-state index in [2.05, 4.69) is 0 Å². The molecule has 0 aromatic heterocycles. The lowest BCUT2D eigenvalue weighted by Crippen LogP contribution is -2.41. The summed E-state index contributed by atoms with van der Waals surface area (Å²) < 4.78 is 9.43. The molecule has 2 aliphatic carbocycles. The van der Waals surface area contributed by atoms with E-state index in [0.717, 1.165) is 0 Å². The van der Waals surface area contributed by atoms with Gasteiger partial charge < -0.3 is 9.47 Å². The number of rotatable bonds is 0. The first-order valence-electron chi connectivity index (χ1n) is 7.05. The molecule has 2 saturated heterocycles. The normalized spacial score (nSPS) is 44.2. The van der Waals surface area contributed by atoms with Crippen LogP contribution in [0.25, 0.3) is 0 Å². The molecule has 2 aliphatic heterocycles. The van der Waals surface area contributed by atoms with Gasteiger partial charge in [-0.25, -0.2) is 0 Å². The van der Waals surface area contributed by atoms with E-state index in [0.29, 0.717) is 25.7 Å². The zero-order valence-electron chi connectivity index (χ0n) is 10.7. The molecule has 6 heteroatoms. The van der Waals surface area contributed by atoms with Gasteiger partial charge in [-0.1, -0.05) is 7.43 Å². The molecule has 2 saturated carbocycles. The van der Waals surface area contributed by atoms with Gasteiger partial charge in [-0.05, 0) is 37.5 Å². The molecule has 114 valence electrons. The molecule has 4 atom stereocenters. The van der Waals surface area contributed by atoms with Gasteiger partial charge in [0.25, 0.3) is 0 Å². The van der Waals surface area contributed by atoms with Gasteiger partial charge in [0.15, 0.2) is 0 Å². The highest BCUT2D eigenvalue weighted by Gasteiger charge is 2.56. The highest BCUT2D eigenvalue weighted by Crippen LogP contribution is 2.52. The van der Waals surface area contributed by atoms with Gasteiger partial charge in [0.1, 0.15) is 0 Å². The summed E-state index contributed by atoms with van der Waals surface area (Å²) in [4.78, 5) is 46.6. The Labute approximate surface area is 122 Å². The summed E-state index contributed by atoms with van der Waals surface area (Å²) in [5.74, 6) is -2.71. The predicted molar refractivity (Wildman–Crippen MR) is 68.3 cm³/mol. The molecule has 4 unspecified atom stereocenters. The maximum absolute atomic E-state index is 11.6. The molecular formula is C15H18O6. The summed E-state index contributed by atoms with van der Waals surface area (Å²) in [6.45, 7) is 0. The molecule has 0 N–H and O–H groups in total. The summed E-state index contributed by atoms with van der Waals surface area (Å²) >= 11 is 0. The summed E-state index contributed by atoms with van der Waals surface area (Å²) in [5.41, 5.74) is 0. The number of esters is 4. The Hall–Kier alpha value is -1.72.